The molecule has 6 heteroatoms. The van der Waals surface area contributed by atoms with Crippen LogP contribution in [0.3, 0.4) is 0 Å². The van der Waals surface area contributed by atoms with Crippen molar-refractivity contribution in [2.45, 2.75) is 45.3 Å². The summed E-state index contributed by atoms with van der Waals surface area (Å²) in [6.07, 6.45) is 4.84. The van der Waals surface area contributed by atoms with Crippen LogP contribution < -0.4 is 14.7 Å². The van der Waals surface area contributed by atoms with E-state index in [-0.39, 0.29) is 5.97 Å². The topological polar surface area (TPSA) is 61.8 Å². The Kier molecular flexibility index (Phi) is 10.3. The predicted molar refractivity (Wildman–Crippen MR) is 151 cm³/mol. The fourth-order valence-electron chi connectivity index (χ4n) is 3.71. The third-order valence-corrected chi connectivity index (χ3v) is 8.02. The van der Waals surface area contributed by atoms with Gasteiger partial charge in [-0.1, -0.05) is 67.8 Å². The van der Waals surface area contributed by atoms with Crippen molar-refractivity contribution < 1.29 is 23.8 Å². The molecule has 3 rings (SSSR count). The van der Waals surface area contributed by atoms with Crippen molar-refractivity contribution >= 4 is 25.2 Å². The quantitative estimate of drug-likeness (QED) is 0.0823. The molecule has 0 unspecified atom stereocenters. The molecule has 0 saturated carbocycles. The number of hydrogen-bond acceptors (Lipinski definition) is 5. The molecule has 3 aromatic carbocycles. The van der Waals surface area contributed by atoms with E-state index in [0.29, 0.717) is 30.3 Å². The highest BCUT2D eigenvalue weighted by Crippen LogP contribution is 2.23. The lowest BCUT2D eigenvalue weighted by atomic mass is 10.1. The number of rotatable bonds is 13. The molecule has 5 nitrogen and oxygen atoms in total. The fourth-order valence-corrected chi connectivity index (χ4v) is 4.88. The maximum atomic E-state index is 12.6. The molecule has 0 amide bonds. The molecule has 0 aromatic heterocycles. The zero-order chi connectivity index (χ0) is 26.7. The van der Waals surface area contributed by atoms with Gasteiger partial charge in [0.15, 0.2) is 0 Å². The summed E-state index contributed by atoms with van der Waals surface area (Å²) in [5.74, 6) is 0.427. The van der Waals surface area contributed by atoms with E-state index in [1.807, 2.05) is 24.3 Å². The molecule has 0 saturated heterocycles. The van der Waals surface area contributed by atoms with Crippen LogP contribution in [0.5, 0.6) is 11.5 Å². The molecule has 0 bridgehead atoms. The van der Waals surface area contributed by atoms with Crippen molar-refractivity contribution in [1.29, 1.82) is 0 Å². The van der Waals surface area contributed by atoms with E-state index in [4.69, 9.17) is 14.2 Å². The van der Waals surface area contributed by atoms with Crippen LogP contribution in [0, 0.1) is 0 Å². The van der Waals surface area contributed by atoms with Crippen LogP contribution in [-0.4, -0.2) is 33.2 Å². The average Bonchev–Trinajstić information content (AvgIpc) is 2.90. The number of carbonyl (C=O) groups is 2. The summed E-state index contributed by atoms with van der Waals surface area (Å²) in [5, 5.41) is 1.43. The molecule has 0 aliphatic carbocycles. The van der Waals surface area contributed by atoms with Gasteiger partial charge in [0.05, 0.1) is 26.9 Å². The largest absolute Gasteiger partial charge is 0.494 e. The molecule has 0 aliphatic rings. The fraction of sp³-hybridized carbons (Fsp3) is 0.290. The first kappa shape index (κ1) is 27.9. The highest BCUT2D eigenvalue weighted by molar-refractivity contribution is 6.88. The molecule has 0 heterocycles. The second kappa shape index (κ2) is 13.6. The molecular weight excluding hydrogens is 480 g/mol. The van der Waals surface area contributed by atoms with Gasteiger partial charge in [0, 0.05) is 6.08 Å². The van der Waals surface area contributed by atoms with Crippen LogP contribution >= 0.6 is 0 Å². The SMILES string of the molecule is C=CC(=O)OCCCCCCOc1ccc(C(=O)Oc2ccc(-c3ccc([Si](C)(C)C)cc3)cc2)cc1. The first-order chi connectivity index (χ1) is 17.8. The molecule has 194 valence electrons. The molecular formula is C31H36O5Si. The van der Waals surface area contributed by atoms with Crippen LogP contribution in [0.4, 0.5) is 0 Å². The van der Waals surface area contributed by atoms with Gasteiger partial charge in [-0.05, 0) is 73.2 Å². The van der Waals surface area contributed by atoms with Gasteiger partial charge in [-0.15, -0.1) is 0 Å². The van der Waals surface area contributed by atoms with Gasteiger partial charge in [0.25, 0.3) is 0 Å². The first-order valence-corrected chi connectivity index (χ1v) is 16.2. The van der Waals surface area contributed by atoms with E-state index in [0.717, 1.165) is 36.8 Å². The second-order valence-electron chi connectivity index (χ2n) is 9.90. The third-order valence-electron chi connectivity index (χ3n) is 5.96. The Morgan fingerprint density at radius 1 is 0.730 bits per heavy atom. The van der Waals surface area contributed by atoms with Gasteiger partial charge in [-0.25, -0.2) is 9.59 Å². The van der Waals surface area contributed by atoms with Gasteiger partial charge in [0.2, 0.25) is 0 Å². The van der Waals surface area contributed by atoms with Crippen molar-refractivity contribution in [1.82, 2.24) is 0 Å². The van der Waals surface area contributed by atoms with Crippen molar-refractivity contribution in [3.05, 3.63) is 91.0 Å². The lowest BCUT2D eigenvalue weighted by Crippen LogP contribution is -2.37. The maximum absolute atomic E-state index is 12.6. The average molecular weight is 517 g/mol. The summed E-state index contributed by atoms with van der Waals surface area (Å²) in [6.45, 7) is 11.4. The number of unbranched alkanes of at least 4 members (excludes halogenated alkanes) is 3. The summed E-state index contributed by atoms with van der Waals surface area (Å²) >= 11 is 0. The first-order valence-electron chi connectivity index (χ1n) is 12.7. The van der Waals surface area contributed by atoms with Crippen molar-refractivity contribution in [2.24, 2.45) is 0 Å². The maximum Gasteiger partial charge on any atom is 0.343 e. The summed E-state index contributed by atoms with van der Waals surface area (Å²) < 4.78 is 16.3. The smallest absolute Gasteiger partial charge is 0.343 e. The minimum absolute atomic E-state index is 0.382. The van der Waals surface area contributed by atoms with E-state index in [1.165, 1.54) is 11.3 Å². The minimum Gasteiger partial charge on any atom is -0.494 e. The molecule has 0 fully saturated rings. The molecule has 3 aromatic rings. The van der Waals surface area contributed by atoms with Crippen LogP contribution in [0.1, 0.15) is 36.0 Å². The molecule has 0 radical (unpaired) electrons. The number of carbonyl (C=O) groups excluding carboxylic acids is 2. The molecule has 0 spiro atoms. The zero-order valence-corrected chi connectivity index (χ0v) is 23.0. The van der Waals surface area contributed by atoms with Crippen molar-refractivity contribution in [3.8, 4) is 22.6 Å². The van der Waals surface area contributed by atoms with Crippen LogP contribution in [0.2, 0.25) is 19.6 Å². The monoisotopic (exact) mass is 516 g/mol. The van der Waals surface area contributed by atoms with Crippen LogP contribution in [-0.2, 0) is 9.53 Å². The summed E-state index contributed by atoms with van der Waals surface area (Å²) in [4.78, 5) is 23.5. The van der Waals surface area contributed by atoms with Gasteiger partial charge in [-0.2, -0.15) is 0 Å². The van der Waals surface area contributed by atoms with E-state index in [2.05, 4.69) is 50.5 Å². The number of ether oxygens (including phenoxy) is 3. The summed E-state index contributed by atoms with van der Waals surface area (Å²) in [7, 11) is -1.32. The standard InChI is InChI=1S/C31H36O5Si/c1-5-30(32)35-23-9-7-6-8-22-34-27-16-12-26(13-17-27)31(33)36-28-18-10-24(11-19-28)25-14-20-29(21-15-25)37(2,3)4/h5,10-21H,1,6-9,22-23H2,2-4H3. The molecule has 0 N–H and O–H groups in total. The molecule has 0 atom stereocenters. The van der Waals surface area contributed by atoms with Crippen LogP contribution in [0.25, 0.3) is 11.1 Å². The van der Waals surface area contributed by atoms with Crippen molar-refractivity contribution in [3.63, 3.8) is 0 Å². The van der Waals surface area contributed by atoms with Gasteiger partial charge < -0.3 is 14.2 Å². The number of hydrogen-bond donors (Lipinski definition) is 0. The summed E-state index contributed by atoms with van der Waals surface area (Å²) in [5.41, 5.74) is 2.69. The Bertz CT molecular complexity index is 1160. The Morgan fingerprint density at radius 3 is 1.84 bits per heavy atom. The van der Waals surface area contributed by atoms with Crippen molar-refractivity contribution in [2.75, 3.05) is 13.2 Å². The van der Waals surface area contributed by atoms with Gasteiger partial charge in [0.1, 0.15) is 11.5 Å². The second-order valence-corrected chi connectivity index (χ2v) is 15.0. The zero-order valence-electron chi connectivity index (χ0n) is 22.0. The Labute approximate surface area is 221 Å². The third kappa shape index (κ3) is 9.06. The Hall–Kier alpha value is -3.64. The van der Waals surface area contributed by atoms with E-state index in [1.54, 1.807) is 24.3 Å². The van der Waals surface area contributed by atoms with E-state index < -0.39 is 14.0 Å². The number of benzene rings is 3. The lowest BCUT2D eigenvalue weighted by molar-refractivity contribution is -0.137. The molecule has 0 aliphatic heterocycles. The lowest BCUT2D eigenvalue weighted by Gasteiger charge is -2.16. The predicted octanol–water partition coefficient (Wildman–Crippen LogP) is 6.79. The highest BCUT2D eigenvalue weighted by atomic mass is 28.3. The highest BCUT2D eigenvalue weighted by Gasteiger charge is 2.16. The Morgan fingerprint density at radius 2 is 1.27 bits per heavy atom. The Balaban J connectivity index is 1.41. The van der Waals surface area contributed by atoms with Gasteiger partial charge in [-0.3, -0.25) is 0 Å². The minimum atomic E-state index is -1.32. The van der Waals surface area contributed by atoms with Gasteiger partial charge >= 0.3 is 11.9 Å². The summed E-state index contributed by atoms with van der Waals surface area (Å²) in [6, 6.07) is 23.3. The number of esters is 2. The normalized spacial score (nSPS) is 11.0. The van der Waals surface area contributed by atoms with E-state index >= 15 is 0 Å². The van der Waals surface area contributed by atoms with Crippen LogP contribution in [0.15, 0.2) is 85.5 Å². The molecule has 37 heavy (non-hydrogen) atoms. The van der Waals surface area contributed by atoms with E-state index in [9.17, 15) is 9.59 Å².